The summed E-state index contributed by atoms with van der Waals surface area (Å²) in [6, 6.07) is 6.28. The molecule has 0 saturated heterocycles. The molecule has 0 spiro atoms. The molecule has 3 rings (SSSR count). The fourth-order valence-electron chi connectivity index (χ4n) is 3.33. The molecule has 106 valence electrons. The molecule has 2 aliphatic rings. The zero-order chi connectivity index (χ0) is 14.1. The second-order valence-electron chi connectivity index (χ2n) is 5.73. The number of carbonyl (C=O) groups is 1. The number of aliphatic imine (C=N–C) groups is 1. The van der Waals surface area contributed by atoms with Crippen LogP contribution < -0.4 is 0 Å². The van der Waals surface area contributed by atoms with E-state index < -0.39 is 0 Å². The Bertz CT molecular complexity index is 538. The van der Waals surface area contributed by atoms with Gasteiger partial charge in [-0.05, 0) is 43.0 Å². The maximum absolute atomic E-state index is 12.9. The van der Waals surface area contributed by atoms with E-state index in [1.54, 1.807) is 12.1 Å². The molecule has 0 radical (unpaired) electrons. The molecule has 20 heavy (non-hydrogen) atoms. The summed E-state index contributed by atoms with van der Waals surface area (Å²) in [5, 5.41) is 0. The molecule has 0 aromatic heterocycles. The van der Waals surface area contributed by atoms with Crippen LogP contribution in [0.3, 0.4) is 0 Å². The van der Waals surface area contributed by atoms with Gasteiger partial charge in [0.1, 0.15) is 11.7 Å². The van der Waals surface area contributed by atoms with E-state index in [-0.39, 0.29) is 11.6 Å². The van der Waals surface area contributed by atoms with E-state index in [9.17, 15) is 9.18 Å². The molecular weight excluding hydrogens is 255 g/mol. The maximum Gasteiger partial charge on any atom is 0.170 e. The number of Topliss-reactive ketones (excluding diaryl/α,β-unsaturated/α-hetero) is 1. The predicted octanol–water partition coefficient (Wildman–Crippen LogP) is 2.91. The topological polar surface area (TPSA) is 32.7 Å². The predicted molar refractivity (Wildman–Crippen MR) is 76.5 cm³/mol. The monoisotopic (exact) mass is 274 g/mol. The van der Waals surface area contributed by atoms with Crippen LogP contribution in [-0.4, -0.2) is 36.2 Å². The largest absolute Gasteiger partial charge is 0.360 e. The number of hydrogen-bond donors (Lipinski definition) is 0. The lowest BCUT2D eigenvalue weighted by molar-refractivity contribution is 0.0994. The first kappa shape index (κ1) is 13.3. The third-order valence-electron chi connectivity index (χ3n) is 4.52. The van der Waals surface area contributed by atoms with Crippen LogP contribution in [0.2, 0.25) is 0 Å². The minimum atomic E-state index is -0.317. The Morgan fingerprint density at radius 2 is 2.10 bits per heavy atom. The Morgan fingerprint density at radius 1 is 1.35 bits per heavy atom. The second kappa shape index (κ2) is 5.35. The number of amidine groups is 1. The standard InChI is InChI=1S/C16H19FN2O/c1-19-14-4-2-3-12(14)10-18-16(19)9-15(20)11-5-7-13(17)8-6-11/h5-8,12,14H,2-4,9-10H2,1H3. The number of ketones is 1. The normalized spacial score (nSPS) is 25.3. The Labute approximate surface area is 118 Å². The molecule has 1 heterocycles. The average molecular weight is 274 g/mol. The third kappa shape index (κ3) is 2.47. The van der Waals surface area contributed by atoms with Gasteiger partial charge in [-0.3, -0.25) is 9.79 Å². The minimum absolute atomic E-state index is 0.00652. The van der Waals surface area contributed by atoms with Crippen LogP contribution in [0.25, 0.3) is 0 Å². The van der Waals surface area contributed by atoms with Gasteiger partial charge in [0.05, 0.1) is 6.42 Å². The molecule has 2 atom stereocenters. The molecule has 1 aromatic carbocycles. The first-order valence-corrected chi connectivity index (χ1v) is 7.20. The molecule has 1 saturated carbocycles. The zero-order valence-corrected chi connectivity index (χ0v) is 11.7. The van der Waals surface area contributed by atoms with Crippen LogP contribution in [-0.2, 0) is 0 Å². The minimum Gasteiger partial charge on any atom is -0.360 e. The van der Waals surface area contributed by atoms with E-state index in [2.05, 4.69) is 9.89 Å². The summed E-state index contributed by atoms with van der Waals surface area (Å²) in [6.45, 7) is 0.848. The molecule has 1 aliphatic carbocycles. The van der Waals surface area contributed by atoms with Gasteiger partial charge in [0, 0.05) is 25.2 Å². The van der Waals surface area contributed by atoms with Crippen molar-refractivity contribution < 1.29 is 9.18 Å². The first-order chi connectivity index (χ1) is 9.65. The highest BCUT2D eigenvalue weighted by atomic mass is 19.1. The van der Waals surface area contributed by atoms with Crippen LogP contribution in [0.5, 0.6) is 0 Å². The van der Waals surface area contributed by atoms with Gasteiger partial charge < -0.3 is 4.90 Å². The smallest absolute Gasteiger partial charge is 0.170 e. The highest BCUT2D eigenvalue weighted by molar-refractivity contribution is 6.09. The van der Waals surface area contributed by atoms with Crippen molar-refractivity contribution in [2.75, 3.05) is 13.6 Å². The van der Waals surface area contributed by atoms with Gasteiger partial charge in [-0.15, -0.1) is 0 Å². The molecule has 3 nitrogen and oxygen atoms in total. The van der Waals surface area contributed by atoms with Crippen molar-refractivity contribution in [1.82, 2.24) is 4.90 Å². The molecule has 1 fully saturated rings. The molecule has 0 N–H and O–H groups in total. The van der Waals surface area contributed by atoms with Crippen molar-refractivity contribution in [3.63, 3.8) is 0 Å². The van der Waals surface area contributed by atoms with Crippen molar-refractivity contribution in [3.8, 4) is 0 Å². The number of hydrogen-bond acceptors (Lipinski definition) is 3. The zero-order valence-electron chi connectivity index (χ0n) is 11.7. The summed E-state index contributed by atoms with van der Waals surface area (Å²) < 4.78 is 12.9. The molecule has 1 aliphatic heterocycles. The quantitative estimate of drug-likeness (QED) is 0.794. The lowest BCUT2D eigenvalue weighted by Crippen LogP contribution is -2.44. The highest BCUT2D eigenvalue weighted by Crippen LogP contribution is 2.32. The number of carbonyl (C=O) groups excluding carboxylic acids is 1. The number of benzene rings is 1. The molecule has 0 bridgehead atoms. The Morgan fingerprint density at radius 3 is 2.85 bits per heavy atom. The first-order valence-electron chi connectivity index (χ1n) is 7.20. The van der Waals surface area contributed by atoms with E-state index >= 15 is 0 Å². The lowest BCUT2D eigenvalue weighted by atomic mass is 9.99. The number of nitrogens with zero attached hydrogens (tertiary/aromatic N) is 2. The third-order valence-corrected chi connectivity index (χ3v) is 4.52. The maximum atomic E-state index is 12.9. The van der Waals surface area contributed by atoms with E-state index in [1.807, 2.05) is 7.05 Å². The Kier molecular flexibility index (Phi) is 3.55. The lowest BCUT2D eigenvalue weighted by Gasteiger charge is -2.35. The van der Waals surface area contributed by atoms with Crippen LogP contribution in [0.1, 0.15) is 36.0 Å². The molecule has 1 aromatic rings. The van der Waals surface area contributed by atoms with Gasteiger partial charge in [-0.2, -0.15) is 0 Å². The molecule has 2 unspecified atom stereocenters. The Balaban J connectivity index is 1.71. The van der Waals surface area contributed by atoms with Crippen molar-refractivity contribution in [3.05, 3.63) is 35.6 Å². The van der Waals surface area contributed by atoms with Crippen molar-refractivity contribution in [2.24, 2.45) is 10.9 Å². The van der Waals surface area contributed by atoms with E-state index in [4.69, 9.17) is 0 Å². The average Bonchev–Trinajstić information content (AvgIpc) is 2.92. The number of halogens is 1. The molecule has 0 amide bonds. The fraction of sp³-hybridized carbons (Fsp3) is 0.500. The van der Waals surface area contributed by atoms with Gasteiger partial charge in [0.2, 0.25) is 0 Å². The molecular formula is C16H19FN2O. The van der Waals surface area contributed by atoms with Crippen LogP contribution in [0.15, 0.2) is 29.3 Å². The summed E-state index contributed by atoms with van der Waals surface area (Å²) >= 11 is 0. The summed E-state index contributed by atoms with van der Waals surface area (Å²) in [7, 11) is 2.04. The van der Waals surface area contributed by atoms with Crippen molar-refractivity contribution >= 4 is 11.6 Å². The number of fused-ring (bicyclic) bond motifs is 1. The number of rotatable bonds is 3. The fourth-order valence-corrected chi connectivity index (χ4v) is 3.33. The van der Waals surface area contributed by atoms with Crippen LogP contribution in [0.4, 0.5) is 4.39 Å². The van der Waals surface area contributed by atoms with Crippen molar-refractivity contribution in [1.29, 1.82) is 0 Å². The summed E-state index contributed by atoms with van der Waals surface area (Å²) in [5.41, 5.74) is 0.552. The Hall–Kier alpha value is -1.71. The SMILES string of the molecule is CN1C(CC(=O)c2ccc(F)cc2)=NCC2CCCC21. The van der Waals surface area contributed by atoms with Gasteiger partial charge in [-0.25, -0.2) is 4.39 Å². The second-order valence-corrected chi connectivity index (χ2v) is 5.73. The van der Waals surface area contributed by atoms with Gasteiger partial charge in [-0.1, -0.05) is 6.42 Å². The summed E-state index contributed by atoms with van der Waals surface area (Å²) in [5.74, 6) is 1.22. The van der Waals surface area contributed by atoms with E-state index in [1.165, 1.54) is 31.4 Å². The van der Waals surface area contributed by atoms with E-state index in [0.717, 1.165) is 12.4 Å². The van der Waals surface area contributed by atoms with Crippen LogP contribution in [0, 0.1) is 11.7 Å². The van der Waals surface area contributed by atoms with Gasteiger partial charge in [0.15, 0.2) is 5.78 Å². The van der Waals surface area contributed by atoms with Gasteiger partial charge >= 0.3 is 0 Å². The van der Waals surface area contributed by atoms with Gasteiger partial charge in [0.25, 0.3) is 0 Å². The summed E-state index contributed by atoms with van der Waals surface area (Å²) in [6.07, 6.45) is 4.02. The summed E-state index contributed by atoms with van der Waals surface area (Å²) in [4.78, 5) is 19.0. The molecule has 4 heteroatoms. The van der Waals surface area contributed by atoms with E-state index in [0.29, 0.717) is 23.9 Å². The van der Waals surface area contributed by atoms with Crippen LogP contribution >= 0.6 is 0 Å². The highest BCUT2D eigenvalue weighted by Gasteiger charge is 2.35. The van der Waals surface area contributed by atoms with Crippen molar-refractivity contribution in [2.45, 2.75) is 31.7 Å².